The van der Waals surface area contributed by atoms with Crippen molar-refractivity contribution in [2.24, 2.45) is 13.0 Å². The van der Waals surface area contributed by atoms with Gasteiger partial charge in [0, 0.05) is 25.5 Å². The molecule has 1 aliphatic heterocycles. The van der Waals surface area contributed by atoms with Gasteiger partial charge in [-0.2, -0.15) is 5.10 Å². The van der Waals surface area contributed by atoms with E-state index in [-0.39, 0.29) is 5.91 Å². The largest absolute Gasteiger partial charge is 0.390 e. The Balaban J connectivity index is 1.71. The molecule has 1 aliphatic rings. The molecule has 2 aromatic heterocycles. The first-order chi connectivity index (χ1) is 14.2. The topological polar surface area (TPSA) is 71.2 Å². The highest BCUT2D eigenvalue weighted by atomic mass is 16.3. The van der Waals surface area contributed by atoms with Gasteiger partial charge in [0.05, 0.1) is 23.4 Å². The molecule has 1 saturated heterocycles. The molecule has 0 spiro atoms. The van der Waals surface area contributed by atoms with Crippen molar-refractivity contribution in [2.75, 3.05) is 13.1 Å². The first-order valence-electron chi connectivity index (χ1n) is 11.5. The highest BCUT2D eigenvalue weighted by Gasteiger charge is 2.35. The number of hydrogen-bond donors (Lipinski definition) is 1. The smallest absolute Gasteiger partial charge is 0.228 e. The summed E-state index contributed by atoms with van der Waals surface area (Å²) >= 11 is 0. The Morgan fingerprint density at radius 1 is 1.23 bits per heavy atom. The lowest BCUT2D eigenvalue weighted by Gasteiger charge is -2.40. The molecule has 6 heteroatoms. The van der Waals surface area contributed by atoms with E-state index in [1.54, 1.807) is 0 Å². The van der Waals surface area contributed by atoms with Gasteiger partial charge < -0.3 is 10.0 Å². The van der Waals surface area contributed by atoms with Gasteiger partial charge in [-0.15, -0.1) is 0 Å². The monoisotopic (exact) mass is 414 g/mol. The Morgan fingerprint density at radius 2 is 1.87 bits per heavy atom. The number of pyridine rings is 1. The van der Waals surface area contributed by atoms with Gasteiger partial charge in [0.2, 0.25) is 5.91 Å². The molecular formula is C24H38N4O2. The van der Waals surface area contributed by atoms with Crippen molar-refractivity contribution in [3.8, 4) is 0 Å². The zero-order valence-electron chi connectivity index (χ0n) is 19.5. The van der Waals surface area contributed by atoms with Gasteiger partial charge in [0.15, 0.2) is 5.65 Å². The second-order valence-corrected chi connectivity index (χ2v) is 9.43. The molecular weight excluding hydrogens is 376 g/mol. The standard InChI is InChI=1S/C24H38N4O2/c1-7-18(8-2)15-24(30)9-11-28(12-10-24)21(29)14-19-13-20(16(3)4)22-17(5)26-27(6)23(22)25-19/h13,16,18,30H,7-12,14-15H2,1-6H3. The van der Waals surface area contributed by atoms with Crippen LogP contribution in [-0.2, 0) is 18.3 Å². The van der Waals surface area contributed by atoms with Gasteiger partial charge in [0.25, 0.3) is 0 Å². The number of hydrogen-bond acceptors (Lipinski definition) is 4. The van der Waals surface area contributed by atoms with Crippen LogP contribution in [0.25, 0.3) is 11.0 Å². The molecule has 0 bridgehead atoms. The average molecular weight is 415 g/mol. The molecule has 0 saturated carbocycles. The molecule has 1 N–H and O–H groups in total. The minimum atomic E-state index is -0.623. The Labute approximate surface area is 180 Å². The van der Waals surface area contributed by atoms with Crippen LogP contribution in [0.2, 0.25) is 0 Å². The molecule has 1 amide bonds. The van der Waals surface area contributed by atoms with E-state index in [1.807, 2.05) is 23.6 Å². The third kappa shape index (κ3) is 4.69. The third-order valence-corrected chi connectivity index (χ3v) is 6.88. The molecule has 3 heterocycles. The van der Waals surface area contributed by atoms with E-state index in [4.69, 9.17) is 4.98 Å². The molecule has 30 heavy (non-hydrogen) atoms. The van der Waals surface area contributed by atoms with Crippen LogP contribution < -0.4 is 0 Å². The van der Waals surface area contributed by atoms with Gasteiger partial charge >= 0.3 is 0 Å². The zero-order chi connectivity index (χ0) is 22.1. The van der Waals surface area contributed by atoms with Crippen molar-refractivity contribution < 1.29 is 9.90 Å². The van der Waals surface area contributed by atoms with Gasteiger partial charge in [0.1, 0.15) is 0 Å². The van der Waals surface area contributed by atoms with Crippen molar-refractivity contribution in [3.63, 3.8) is 0 Å². The lowest BCUT2D eigenvalue weighted by molar-refractivity contribution is -0.135. The average Bonchev–Trinajstić information content (AvgIpc) is 2.99. The molecule has 3 rings (SSSR count). The van der Waals surface area contributed by atoms with Crippen molar-refractivity contribution in [1.82, 2.24) is 19.7 Å². The number of piperidine rings is 1. The SMILES string of the molecule is CCC(CC)CC1(O)CCN(C(=O)Cc2cc(C(C)C)c3c(C)nn(C)c3n2)CC1. The maximum absolute atomic E-state index is 13.0. The molecule has 166 valence electrons. The van der Waals surface area contributed by atoms with Gasteiger partial charge in [-0.25, -0.2) is 4.98 Å². The van der Waals surface area contributed by atoms with Gasteiger partial charge in [-0.3, -0.25) is 9.48 Å². The summed E-state index contributed by atoms with van der Waals surface area (Å²) in [6.07, 6.45) is 4.67. The minimum absolute atomic E-state index is 0.0972. The molecule has 0 aromatic carbocycles. The lowest BCUT2D eigenvalue weighted by atomic mass is 9.81. The fourth-order valence-corrected chi connectivity index (χ4v) is 4.84. The summed E-state index contributed by atoms with van der Waals surface area (Å²) in [4.78, 5) is 19.7. The summed E-state index contributed by atoms with van der Waals surface area (Å²) in [7, 11) is 1.91. The fraction of sp³-hybridized carbons (Fsp3) is 0.708. The molecule has 0 aliphatic carbocycles. The highest BCUT2D eigenvalue weighted by Crippen LogP contribution is 2.32. The molecule has 1 fully saturated rings. The third-order valence-electron chi connectivity index (χ3n) is 6.88. The summed E-state index contributed by atoms with van der Waals surface area (Å²) in [5, 5.41) is 16.6. The number of fused-ring (bicyclic) bond motifs is 1. The van der Waals surface area contributed by atoms with Crippen LogP contribution in [0.5, 0.6) is 0 Å². The number of amides is 1. The number of carbonyl (C=O) groups excluding carboxylic acids is 1. The molecule has 2 aromatic rings. The minimum Gasteiger partial charge on any atom is -0.390 e. The number of carbonyl (C=O) groups is 1. The van der Waals surface area contributed by atoms with Crippen molar-refractivity contribution in [2.45, 2.75) is 84.7 Å². The highest BCUT2D eigenvalue weighted by molar-refractivity contribution is 5.84. The van der Waals surface area contributed by atoms with E-state index in [0.717, 1.165) is 41.7 Å². The maximum Gasteiger partial charge on any atom is 0.228 e. The van der Waals surface area contributed by atoms with Gasteiger partial charge in [-0.05, 0) is 49.7 Å². The van der Waals surface area contributed by atoms with Crippen LogP contribution in [0.4, 0.5) is 0 Å². The summed E-state index contributed by atoms with van der Waals surface area (Å²) in [6.45, 7) is 12.0. The van der Waals surface area contributed by atoms with E-state index < -0.39 is 5.60 Å². The van der Waals surface area contributed by atoms with Crippen LogP contribution in [0, 0.1) is 12.8 Å². The number of aryl methyl sites for hydroxylation is 2. The van der Waals surface area contributed by atoms with E-state index in [9.17, 15) is 9.90 Å². The van der Waals surface area contributed by atoms with Crippen LogP contribution in [-0.4, -0.2) is 49.4 Å². The van der Waals surface area contributed by atoms with E-state index in [1.165, 1.54) is 5.56 Å². The first-order valence-corrected chi connectivity index (χ1v) is 11.5. The summed E-state index contributed by atoms with van der Waals surface area (Å²) in [5.41, 5.74) is 3.21. The van der Waals surface area contributed by atoms with Crippen LogP contribution >= 0.6 is 0 Å². The predicted octanol–water partition coefficient (Wildman–Crippen LogP) is 4.12. The predicted molar refractivity (Wildman–Crippen MR) is 120 cm³/mol. The Bertz CT molecular complexity index is 890. The maximum atomic E-state index is 13.0. The van der Waals surface area contributed by atoms with Gasteiger partial charge in [-0.1, -0.05) is 40.5 Å². The van der Waals surface area contributed by atoms with Crippen molar-refractivity contribution >= 4 is 16.9 Å². The second-order valence-electron chi connectivity index (χ2n) is 9.43. The van der Waals surface area contributed by atoms with Crippen LogP contribution in [0.1, 0.15) is 82.7 Å². The molecule has 0 unspecified atom stereocenters. The number of aromatic nitrogens is 3. The number of aliphatic hydroxyl groups is 1. The lowest BCUT2D eigenvalue weighted by Crippen LogP contribution is -2.47. The fourth-order valence-electron chi connectivity index (χ4n) is 4.84. The Kier molecular flexibility index (Phi) is 6.85. The summed E-state index contributed by atoms with van der Waals surface area (Å²) in [5.74, 6) is 0.993. The summed E-state index contributed by atoms with van der Waals surface area (Å²) < 4.78 is 1.81. The van der Waals surface area contributed by atoms with Crippen molar-refractivity contribution in [1.29, 1.82) is 0 Å². The quantitative estimate of drug-likeness (QED) is 0.740. The normalized spacial score (nSPS) is 16.8. The van der Waals surface area contributed by atoms with Crippen LogP contribution in [0.15, 0.2) is 6.07 Å². The van der Waals surface area contributed by atoms with Crippen LogP contribution in [0.3, 0.4) is 0 Å². The van der Waals surface area contributed by atoms with E-state index in [0.29, 0.717) is 44.2 Å². The molecule has 0 radical (unpaired) electrons. The van der Waals surface area contributed by atoms with E-state index in [2.05, 4.69) is 38.9 Å². The second kappa shape index (κ2) is 9.04. The first kappa shape index (κ1) is 22.7. The number of likely N-dealkylation sites (tertiary alicyclic amines) is 1. The molecule has 0 atom stereocenters. The summed E-state index contributed by atoms with van der Waals surface area (Å²) in [6, 6.07) is 2.08. The van der Waals surface area contributed by atoms with Crippen molar-refractivity contribution in [3.05, 3.63) is 23.0 Å². The number of nitrogens with zero attached hydrogens (tertiary/aromatic N) is 4. The Morgan fingerprint density at radius 3 is 2.43 bits per heavy atom. The van der Waals surface area contributed by atoms with E-state index >= 15 is 0 Å². The zero-order valence-corrected chi connectivity index (χ0v) is 19.5. The number of rotatable bonds is 7. The molecule has 6 nitrogen and oxygen atoms in total. The Hall–Kier alpha value is -1.95.